The molecular formula is C19H19ClN3O2+. The number of anilines is 1. The first-order valence-corrected chi connectivity index (χ1v) is 8.36. The van der Waals surface area contributed by atoms with Crippen LogP contribution in [0, 0.1) is 0 Å². The first kappa shape index (κ1) is 17.2. The summed E-state index contributed by atoms with van der Waals surface area (Å²) in [4.78, 5) is 13.2. The first-order valence-electron chi connectivity index (χ1n) is 7.98. The number of nitrogens with zero attached hydrogens (tertiary/aromatic N) is 1. The van der Waals surface area contributed by atoms with Crippen molar-refractivity contribution < 1.29 is 14.2 Å². The fourth-order valence-corrected chi connectivity index (χ4v) is 2.72. The summed E-state index contributed by atoms with van der Waals surface area (Å²) < 4.78 is 5.39. The van der Waals surface area contributed by atoms with Crippen molar-refractivity contribution in [1.29, 1.82) is 0 Å². The molecule has 6 heteroatoms. The van der Waals surface area contributed by atoms with E-state index in [2.05, 4.69) is 10.5 Å². The molecule has 128 valence electrons. The van der Waals surface area contributed by atoms with Crippen molar-refractivity contribution in [3.05, 3.63) is 71.4 Å². The molecule has 3 aromatic rings. The molecule has 2 N–H and O–H groups in total. The number of nitrogens with one attached hydrogen (secondary N) is 2. The second-order valence-electron chi connectivity index (χ2n) is 5.89. The molecule has 1 amide bonds. The number of aromatic nitrogens is 1. The lowest BCUT2D eigenvalue weighted by Crippen LogP contribution is -3.08. The summed E-state index contributed by atoms with van der Waals surface area (Å²) in [6.07, 6.45) is 0. The predicted octanol–water partition coefficient (Wildman–Crippen LogP) is 2.65. The Bertz CT molecular complexity index is 849. The van der Waals surface area contributed by atoms with Crippen molar-refractivity contribution in [2.45, 2.75) is 6.54 Å². The Morgan fingerprint density at radius 3 is 2.64 bits per heavy atom. The van der Waals surface area contributed by atoms with Crippen molar-refractivity contribution in [3.63, 3.8) is 0 Å². The molecular weight excluding hydrogens is 338 g/mol. The molecule has 0 bridgehead atoms. The molecule has 0 fully saturated rings. The highest BCUT2D eigenvalue weighted by Gasteiger charge is 2.15. The molecule has 25 heavy (non-hydrogen) atoms. The number of carbonyl (C=O) groups is 1. The van der Waals surface area contributed by atoms with Gasteiger partial charge in [0.05, 0.1) is 17.8 Å². The lowest BCUT2D eigenvalue weighted by Gasteiger charge is -2.12. The Labute approximate surface area is 151 Å². The number of hydrogen-bond acceptors (Lipinski definition) is 3. The van der Waals surface area contributed by atoms with Crippen LogP contribution in [0.3, 0.4) is 0 Å². The van der Waals surface area contributed by atoms with Crippen LogP contribution in [0.15, 0.2) is 65.2 Å². The molecule has 5 nitrogen and oxygen atoms in total. The van der Waals surface area contributed by atoms with Crippen LogP contribution < -0.4 is 10.2 Å². The molecule has 3 rings (SSSR count). The summed E-state index contributed by atoms with van der Waals surface area (Å²) in [5.41, 5.74) is 2.41. The third-order valence-electron chi connectivity index (χ3n) is 3.71. The number of halogens is 1. The van der Waals surface area contributed by atoms with Gasteiger partial charge in [0.2, 0.25) is 0 Å². The quantitative estimate of drug-likeness (QED) is 0.714. The van der Waals surface area contributed by atoms with Gasteiger partial charge in [0, 0.05) is 11.6 Å². The third kappa shape index (κ3) is 4.68. The highest BCUT2D eigenvalue weighted by Crippen LogP contribution is 2.20. The van der Waals surface area contributed by atoms with Gasteiger partial charge in [0.25, 0.3) is 5.91 Å². The molecule has 0 aliphatic heterocycles. The molecule has 1 unspecified atom stereocenters. The van der Waals surface area contributed by atoms with Crippen molar-refractivity contribution in [1.82, 2.24) is 5.16 Å². The fourth-order valence-electron chi connectivity index (χ4n) is 2.54. The number of amides is 1. The number of para-hydroxylation sites is 1. The molecule has 1 atom stereocenters. The summed E-state index contributed by atoms with van der Waals surface area (Å²) in [5, 5.41) is 7.44. The average molecular weight is 357 g/mol. The number of likely N-dealkylation sites (N-methyl/N-ethyl adjacent to an activating group) is 1. The van der Waals surface area contributed by atoms with Crippen LogP contribution in [-0.4, -0.2) is 24.7 Å². The van der Waals surface area contributed by atoms with Gasteiger partial charge in [0.15, 0.2) is 12.3 Å². The van der Waals surface area contributed by atoms with Gasteiger partial charge in [-0.2, -0.15) is 0 Å². The van der Waals surface area contributed by atoms with E-state index in [1.807, 2.05) is 55.6 Å². The monoisotopic (exact) mass is 356 g/mol. The van der Waals surface area contributed by atoms with E-state index in [1.54, 1.807) is 12.1 Å². The van der Waals surface area contributed by atoms with Crippen LogP contribution in [0.4, 0.5) is 5.69 Å². The van der Waals surface area contributed by atoms with Crippen molar-refractivity contribution in [2.75, 3.05) is 18.9 Å². The van der Waals surface area contributed by atoms with Gasteiger partial charge < -0.3 is 14.7 Å². The van der Waals surface area contributed by atoms with E-state index >= 15 is 0 Å². The van der Waals surface area contributed by atoms with Gasteiger partial charge in [-0.15, -0.1) is 0 Å². The van der Waals surface area contributed by atoms with Gasteiger partial charge in [-0.05, 0) is 12.1 Å². The second kappa shape index (κ2) is 7.96. The predicted molar refractivity (Wildman–Crippen MR) is 97.5 cm³/mol. The second-order valence-corrected chi connectivity index (χ2v) is 6.29. The van der Waals surface area contributed by atoms with Crippen molar-refractivity contribution >= 4 is 23.2 Å². The number of carbonyl (C=O) groups excluding carboxylic acids is 1. The summed E-state index contributed by atoms with van der Waals surface area (Å²) in [6, 6.07) is 18.9. The molecule has 0 radical (unpaired) electrons. The Morgan fingerprint density at radius 1 is 1.16 bits per heavy atom. The maximum atomic E-state index is 12.2. The van der Waals surface area contributed by atoms with E-state index in [0.717, 1.165) is 21.9 Å². The largest absolute Gasteiger partial charge is 0.356 e. The molecule has 1 heterocycles. The Balaban J connectivity index is 1.56. The third-order valence-corrected chi connectivity index (χ3v) is 4.04. The molecule has 2 aromatic carbocycles. The van der Waals surface area contributed by atoms with Gasteiger partial charge in [-0.1, -0.05) is 59.2 Å². The normalized spacial score (nSPS) is 11.9. The number of benzene rings is 2. The Morgan fingerprint density at radius 2 is 1.88 bits per heavy atom. The lowest BCUT2D eigenvalue weighted by atomic mass is 10.1. The maximum absolute atomic E-state index is 12.2. The minimum Gasteiger partial charge on any atom is -0.356 e. The molecule has 0 spiro atoms. The first-order chi connectivity index (χ1) is 12.1. The van der Waals surface area contributed by atoms with E-state index < -0.39 is 0 Å². The summed E-state index contributed by atoms with van der Waals surface area (Å²) in [5.74, 6) is 0.626. The van der Waals surface area contributed by atoms with Gasteiger partial charge in [-0.25, -0.2) is 0 Å². The van der Waals surface area contributed by atoms with Crippen LogP contribution in [0.25, 0.3) is 11.3 Å². The summed E-state index contributed by atoms with van der Waals surface area (Å²) in [7, 11) is 1.93. The van der Waals surface area contributed by atoms with E-state index in [1.165, 1.54) is 0 Å². The number of hydrogen-bond donors (Lipinski definition) is 2. The Kier molecular flexibility index (Phi) is 5.48. The van der Waals surface area contributed by atoms with E-state index in [4.69, 9.17) is 16.1 Å². The van der Waals surface area contributed by atoms with Crippen LogP contribution in [0.1, 0.15) is 5.69 Å². The molecule has 0 saturated carbocycles. The topological polar surface area (TPSA) is 59.6 Å². The van der Waals surface area contributed by atoms with Gasteiger partial charge in [-0.3, -0.25) is 4.79 Å². The molecule has 1 aromatic heterocycles. The average Bonchev–Trinajstić information content (AvgIpc) is 3.06. The highest BCUT2D eigenvalue weighted by molar-refractivity contribution is 6.33. The fraction of sp³-hybridized carbons (Fsp3) is 0.158. The lowest BCUT2D eigenvalue weighted by molar-refractivity contribution is -0.885. The summed E-state index contributed by atoms with van der Waals surface area (Å²) in [6.45, 7) is 0.894. The zero-order valence-corrected chi connectivity index (χ0v) is 14.6. The van der Waals surface area contributed by atoms with E-state index in [0.29, 0.717) is 23.8 Å². The van der Waals surface area contributed by atoms with Crippen LogP contribution >= 0.6 is 11.6 Å². The zero-order valence-electron chi connectivity index (χ0n) is 13.8. The molecule has 0 aliphatic rings. The minimum absolute atomic E-state index is 0.0997. The smallest absolute Gasteiger partial charge is 0.279 e. The van der Waals surface area contributed by atoms with E-state index in [-0.39, 0.29) is 5.91 Å². The minimum atomic E-state index is -0.0997. The van der Waals surface area contributed by atoms with Gasteiger partial charge in [0.1, 0.15) is 12.2 Å². The standard InChI is InChI=1S/C19H18ClN3O2/c1-23(13-19(24)21-17-10-6-5-9-16(17)20)12-15-11-18(25-22-15)14-7-3-2-4-8-14/h2-11H,12-13H2,1H3,(H,21,24)/p+1. The SMILES string of the molecule is C[NH+](CC(=O)Nc1ccccc1Cl)Cc1cc(-c2ccccc2)on1. The number of quaternary nitrogens is 1. The van der Waals surface area contributed by atoms with E-state index in [9.17, 15) is 4.79 Å². The van der Waals surface area contributed by atoms with Crippen molar-refractivity contribution in [2.24, 2.45) is 0 Å². The van der Waals surface area contributed by atoms with Crippen molar-refractivity contribution in [3.8, 4) is 11.3 Å². The van der Waals surface area contributed by atoms with Crippen LogP contribution in [0.2, 0.25) is 5.02 Å². The Hall–Kier alpha value is -2.63. The van der Waals surface area contributed by atoms with Crippen LogP contribution in [0.5, 0.6) is 0 Å². The van der Waals surface area contributed by atoms with Crippen LogP contribution in [-0.2, 0) is 11.3 Å². The van der Waals surface area contributed by atoms with Gasteiger partial charge >= 0.3 is 0 Å². The highest BCUT2D eigenvalue weighted by atomic mass is 35.5. The summed E-state index contributed by atoms with van der Waals surface area (Å²) >= 11 is 6.05. The number of rotatable bonds is 6. The maximum Gasteiger partial charge on any atom is 0.279 e. The zero-order chi connectivity index (χ0) is 17.6. The molecule has 0 saturated heterocycles. The molecule has 0 aliphatic carbocycles.